The predicted octanol–water partition coefficient (Wildman–Crippen LogP) is 6.26. The Morgan fingerprint density at radius 3 is 2.50 bits per heavy atom. The van der Waals surface area contributed by atoms with Crippen LogP contribution in [0.15, 0.2) is 72.8 Å². The molecule has 0 spiro atoms. The average Bonchev–Trinajstić information content (AvgIpc) is 3.17. The summed E-state index contributed by atoms with van der Waals surface area (Å²) in [6.45, 7) is 2.75. The molecule has 0 saturated carbocycles. The SMILES string of the molecule is Cc1cc(Cl)cc2sc(N(Cc3ccccc3)C(=O)CCOc3ccccc3)nc12. The van der Waals surface area contributed by atoms with Crippen LogP contribution in [0.2, 0.25) is 5.02 Å². The van der Waals surface area contributed by atoms with Crippen LogP contribution in [0.1, 0.15) is 17.5 Å². The Morgan fingerprint density at radius 1 is 1.07 bits per heavy atom. The van der Waals surface area contributed by atoms with Crippen molar-refractivity contribution < 1.29 is 9.53 Å². The zero-order valence-electron chi connectivity index (χ0n) is 16.5. The highest BCUT2D eigenvalue weighted by Crippen LogP contribution is 2.34. The number of benzene rings is 3. The number of nitrogens with zero attached hydrogens (tertiary/aromatic N) is 2. The summed E-state index contributed by atoms with van der Waals surface area (Å²) in [6, 6.07) is 23.2. The van der Waals surface area contributed by atoms with E-state index in [4.69, 9.17) is 21.3 Å². The lowest BCUT2D eigenvalue weighted by molar-refractivity contribution is -0.119. The molecule has 1 aromatic heterocycles. The van der Waals surface area contributed by atoms with Gasteiger partial charge in [-0.1, -0.05) is 71.5 Å². The number of ether oxygens (including phenoxy) is 1. The third-order valence-corrected chi connectivity index (χ3v) is 5.93. The molecular weight excluding hydrogens is 416 g/mol. The van der Waals surface area contributed by atoms with Gasteiger partial charge < -0.3 is 4.74 Å². The molecule has 6 heteroatoms. The molecule has 0 atom stereocenters. The third kappa shape index (κ3) is 4.81. The van der Waals surface area contributed by atoms with Gasteiger partial charge in [-0.3, -0.25) is 9.69 Å². The van der Waals surface area contributed by atoms with Crippen molar-refractivity contribution in [2.75, 3.05) is 11.5 Å². The molecule has 0 aliphatic heterocycles. The Labute approximate surface area is 184 Å². The highest BCUT2D eigenvalue weighted by molar-refractivity contribution is 7.22. The Hall–Kier alpha value is -2.89. The molecule has 0 aliphatic carbocycles. The van der Waals surface area contributed by atoms with Crippen LogP contribution in [0.3, 0.4) is 0 Å². The van der Waals surface area contributed by atoms with E-state index >= 15 is 0 Å². The summed E-state index contributed by atoms with van der Waals surface area (Å²) in [5.41, 5.74) is 2.93. The van der Waals surface area contributed by atoms with E-state index in [1.165, 1.54) is 11.3 Å². The van der Waals surface area contributed by atoms with Crippen LogP contribution in [0, 0.1) is 6.92 Å². The monoisotopic (exact) mass is 436 g/mol. The second kappa shape index (κ2) is 9.28. The molecule has 4 rings (SSSR count). The summed E-state index contributed by atoms with van der Waals surface area (Å²) < 4.78 is 6.70. The number of hydrogen-bond acceptors (Lipinski definition) is 4. The number of rotatable bonds is 7. The highest BCUT2D eigenvalue weighted by atomic mass is 35.5. The first-order chi connectivity index (χ1) is 14.6. The number of fused-ring (bicyclic) bond motifs is 1. The van der Waals surface area contributed by atoms with E-state index in [1.54, 1.807) is 4.90 Å². The van der Waals surface area contributed by atoms with Gasteiger partial charge in [0.05, 0.1) is 29.8 Å². The van der Waals surface area contributed by atoms with E-state index in [1.807, 2.05) is 79.7 Å². The van der Waals surface area contributed by atoms with E-state index in [-0.39, 0.29) is 12.3 Å². The van der Waals surface area contributed by atoms with E-state index in [9.17, 15) is 4.79 Å². The van der Waals surface area contributed by atoms with E-state index in [2.05, 4.69) is 0 Å². The lowest BCUT2D eigenvalue weighted by atomic mass is 10.2. The average molecular weight is 437 g/mol. The number of amides is 1. The van der Waals surface area contributed by atoms with Gasteiger partial charge in [-0.2, -0.15) is 0 Å². The molecule has 152 valence electrons. The van der Waals surface area contributed by atoms with Crippen LogP contribution < -0.4 is 9.64 Å². The van der Waals surface area contributed by atoms with Crippen LogP contribution in [0.5, 0.6) is 5.75 Å². The fourth-order valence-corrected chi connectivity index (χ4v) is 4.63. The van der Waals surface area contributed by atoms with E-state index in [0.717, 1.165) is 27.1 Å². The number of carbonyl (C=O) groups excluding carboxylic acids is 1. The lowest BCUT2D eigenvalue weighted by Crippen LogP contribution is -2.31. The molecule has 30 heavy (non-hydrogen) atoms. The molecule has 3 aromatic carbocycles. The molecule has 0 saturated heterocycles. The molecular formula is C24H21ClN2O2S. The lowest BCUT2D eigenvalue weighted by Gasteiger charge is -2.20. The van der Waals surface area contributed by atoms with Crippen LogP contribution >= 0.6 is 22.9 Å². The number of carbonyl (C=O) groups is 1. The Balaban J connectivity index is 1.57. The Kier molecular flexibility index (Phi) is 6.31. The molecule has 1 amide bonds. The summed E-state index contributed by atoms with van der Waals surface area (Å²) in [5.74, 6) is 0.725. The van der Waals surface area contributed by atoms with E-state index < -0.39 is 0 Å². The number of para-hydroxylation sites is 1. The normalized spacial score (nSPS) is 10.9. The van der Waals surface area contributed by atoms with Gasteiger partial charge in [0.1, 0.15) is 5.75 Å². The molecule has 0 bridgehead atoms. The molecule has 1 heterocycles. The Morgan fingerprint density at radius 2 is 1.77 bits per heavy atom. The first-order valence-corrected chi connectivity index (χ1v) is 10.9. The van der Waals surface area contributed by atoms with Crippen molar-refractivity contribution in [3.63, 3.8) is 0 Å². The molecule has 4 nitrogen and oxygen atoms in total. The number of thiazole rings is 1. The second-order valence-electron chi connectivity index (χ2n) is 6.94. The topological polar surface area (TPSA) is 42.4 Å². The van der Waals surface area contributed by atoms with Gasteiger partial charge in [0.15, 0.2) is 5.13 Å². The number of aromatic nitrogens is 1. The largest absolute Gasteiger partial charge is 0.493 e. The van der Waals surface area contributed by atoms with Crippen molar-refractivity contribution in [2.45, 2.75) is 19.9 Å². The number of halogens is 1. The molecule has 0 aliphatic rings. The van der Waals surface area contributed by atoms with Crippen molar-refractivity contribution in [3.8, 4) is 5.75 Å². The summed E-state index contributed by atoms with van der Waals surface area (Å²) in [5, 5.41) is 1.34. The summed E-state index contributed by atoms with van der Waals surface area (Å²) in [7, 11) is 0. The van der Waals surface area contributed by atoms with Crippen LogP contribution in [-0.2, 0) is 11.3 Å². The Bertz CT molecular complexity index is 1150. The minimum atomic E-state index is -0.0300. The third-order valence-electron chi connectivity index (χ3n) is 4.68. The van der Waals surface area contributed by atoms with Gasteiger partial charge in [0.25, 0.3) is 0 Å². The second-order valence-corrected chi connectivity index (χ2v) is 8.39. The molecule has 0 fully saturated rings. The summed E-state index contributed by atoms with van der Waals surface area (Å²) in [4.78, 5) is 19.7. The van der Waals surface area contributed by atoms with Gasteiger partial charge in [-0.05, 0) is 42.3 Å². The van der Waals surface area contributed by atoms with Crippen LogP contribution in [-0.4, -0.2) is 17.5 Å². The van der Waals surface area contributed by atoms with Gasteiger partial charge >= 0.3 is 0 Å². The molecule has 0 N–H and O–H groups in total. The minimum Gasteiger partial charge on any atom is -0.493 e. The van der Waals surface area contributed by atoms with Crippen molar-refractivity contribution in [2.24, 2.45) is 0 Å². The first-order valence-electron chi connectivity index (χ1n) is 9.69. The summed E-state index contributed by atoms with van der Waals surface area (Å²) >= 11 is 7.69. The fourth-order valence-electron chi connectivity index (χ4n) is 3.19. The van der Waals surface area contributed by atoms with Gasteiger partial charge in [0, 0.05) is 5.02 Å². The van der Waals surface area contributed by atoms with Crippen LogP contribution in [0.4, 0.5) is 5.13 Å². The molecule has 0 radical (unpaired) electrons. The van der Waals surface area contributed by atoms with Gasteiger partial charge in [-0.15, -0.1) is 0 Å². The van der Waals surface area contributed by atoms with Crippen LogP contribution in [0.25, 0.3) is 10.2 Å². The standard InChI is InChI=1S/C24H21ClN2O2S/c1-17-14-19(25)15-21-23(17)26-24(30-21)27(16-18-8-4-2-5-9-18)22(28)12-13-29-20-10-6-3-7-11-20/h2-11,14-15H,12-13,16H2,1H3. The van der Waals surface area contributed by atoms with Crippen molar-refractivity contribution >= 4 is 44.2 Å². The molecule has 4 aromatic rings. The van der Waals surface area contributed by atoms with Gasteiger partial charge in [0.2, 0.25) is 5.91 Å². The quantitative estimate of drug-likeness (QED) is 0.343. The maximum Gasteiger partial charge on any atom is 0.232 e. The minimum absolute atomic E-state index is 0.0300. The van der Waals surface area contributed by atoms with Gasteiger partial charge in [-0.25, -0.2) is 4.98 Å². The molecule has 0 unspecified atom stereocenters. The number of anilines is 1. The van der Waals surface area contributed by atoms with Crippen molar-refractivity contribution in [1.82, 2.24) is 4.98 Å². The summed E-state index contributed by atoms with van der Waals surface area (Å²) in [6.07, 6.45) is 0.261. The fraction of sp³-hybridized carbons (Fsp3) is 0.167. The predicted molar refractivity (Wildman–Crippen MR) is 124 cm³/mol. The number of hydrogen-bond donors (Lipinski definition) is 0. The maximum atomic E-state index is 13.2. The van der Waals surface area contributed by atoms with Crippen molar-refractivity contribution in [3.05, 3.63) is 88.9 Å². The van der Waals surface area contributed by atoms with E-state index in [0.29, 0.717) is 23.3 Å². The zero-order valence-corrected chi connectivity index (χ0v) is 18.1. The zero-order chi connectivity index (χ0) is 20.9. The smallest absolute Gasteiger partial charge is 0.232 e. The maximum absolute atomic E-state index is 13.2. The first kappa shape index (κ1) is 20.4. The highest BCUT2D eigenvalue weighted by Gasteiger charge is 2.21. The van der Waals surface area contributed by atoms with Crippen molar-refractivity contribution in [1.29, 1.82) is 0 Å². The number of aryl methyl sites for hydroxylation is 1.